The quantitative estimate of drug-likeness (QED) is 0.818. The Labute approximate surface area is 130 Å². The molecule has 0 amide bonds. The molecule has 0 spiro atoms. The first-order valence-corrected chi connectivity index (χ1v) is 7.72. The van der Waals surface area contributed by atoms with Crippen LogP contribution in [0, 0.1) is 0 Å². The summed E-state index contributed by atoms with van der Waals surface area (Å²) in [5.74, 6) is 0. The van der Waals surface area contributed by atoms with Gasteiger partial charge in [-0.05, 0) is 36.6 Å². The Bertz CT molecular complexity index is 635. The Morgan fingerprint density at radius 3 is 2.50 bits per heavy atom. The number of hydrogen-bond acceptors (Lipinski definition) is 2. The van der Waals surface area contributed by atoms with Crippen molar-refractivity contribution in [3.8, 4) is 11.3 Å². The minimum Gasteiger partial charge on any atom is -0.374 e. The molecule has 2 aromatic rings. The zero-order chi connectivity index (χ0) is 16.3. The average Bonchev–Trinajstić information content (AvgIpc) is 2.95. The minimum absolute atomic E-state index is 0.0659. The summed E-state index contributed by atoms with van der Waals surface area (Å²) < 4.78 is 28.4. The van der Waals surface area contributed by atoms with Crippen molar-refractivity contribution in [1.82, 2.24) is 9.78 Å². The molecule has 0 saturated heterocycles. The van der Waals surface area contributed by atoms with E-state index in [1.54, 1.807) is 30.1 Å². The Balaban J connectivity index is 0.000000847. The highest BCUT2D eigenvalue weighted by Gasteiger charge is 2.22. The lowest BCUT2D eigenvalue weighted by Crippen LogP contribution is -2.25. The lowest BCUT2D eigenvalue weighted by Gasteiger charge is -2.29. The fraction of sp³-hybridized carbons (Fsp3) is 0.471. The molecule has 3 rings (SSSR count). The van der Waals surface area contributed by atoms with E-state index in [0.29, 0.717) is 11.3 Å². The van der Waals surface area contributed by atoms with Gasteiger partial charge in [0, 0.05) is 43.7 Å². The molecule has 22 heavy (non-hydrogen) atoms. The molecular formula is C17H23F2N3. The number of alkyl halides is 2. The first-order valence-electron chi connectivity index (χ1n) is 7.72. The highest BCUT2D eigenvalue weighted by Crippen LogP contribution is 2.37. The maximum atomic E-state index is 13.4. The van der Waals surface area contributed by atoms with Crippen molar-refractivity contribution in [1.29, 1.82) is 0 Å². The Kier molecular flexibility index (Phi) is 5.16. The lowest BCUT2D eigenvalue weighted by molar-refractivity contribution is 0.152. The highest BCUT2D eigenvalue weighted by atomic mass is 19.3. The van der Waals surface area contributed by atoms with E-state index in [1.807, 2.05) is 31.9 Å². The minimum atomic E-state index is -2.49. The maximum absolute atomic E-state index is 13.4. The van der Waals surface area contributed by atoms with Crippen molar-refractivity contribution in [2.45, 2.75) is 33.1 Å². The molecule has 0 aliphatic carbocycles. The molecule has 1 aromatic carbocycles. The van der Waals surface area contributed by atoms with Gasteiger partial charge in [-0.25, -0.2) is 8.78 Å². The third-order valence-electron chi connectivity index (χ3n) is 3.83. The molecule has 5 heteroatoms. The first kappa shape index (κ1) is 16.5. The van der Waals surface area contributed by atoms with Gasteiger partial charge in [0.2, 0.25) is 0 Å². The summed E-state index contributed by atoms with van der Waals surface area (Å²) in [7, 11) is 3.74. The van der Waals surface area contributed by atoms with Crippen LogP contribution in [0.5, 0.6) is 0 Å². The molecule has 1 aliphatic rings. The molecule has 2 heterocycles. The van der Waals surface area contributed by atoms with Crippen LogP contribution in [0.1, 0.15) is 37.8 Å². The Morgan fingerprint density at radius 2 is 1.91 bits per heavy atom. The van der Waals surface area contributed by atoms with Crippen LogP contribution in [0.25, 0.3) is 11.3 Å². The lowest BCUT2D eigenvalue weighted by atomic mass is 9.94. The Hall–Kier alpha value is -1.91. The summed E-state index contributed by atoms with van der Waals surface area (Å²) in [6.07, 6.45) is 1.27. The molecule has 1 aliphatic heterocycles. The van der Waals surface area contributed by atoms with Crippen LogP contribution in [0.15, 0.2) is 24.4 Å². The van der Waals surface area contributed by atoms with Crippen molar-refractivity contribution in [2.75, 3.05) is 18.5 Å². The number of aromatic nitrogens is 2. The van der Waals surface area contributed by atoms with Crippen LogP contribution >= 0.6 is 0 Å². The van der Waals surface area contributed by atoms with Gasteiger partial charge in [-0.1, -0.05) is 13.8 Å². The molecule has 0 radical (unpaired) electrons. The van der Waals surface area contributed by atoms with Crippen molar-refractivity contribution < 1.29 is 8.78 Å². The molecule has 0 saturated carbocycles. The SMILES string of the molecule is CC.CN1CCCc2cc(-c3ccn(C)n3)c(C(F)F)cc21. The van der Waals surface area contributed by atoms with Crippen LogP contribution in [-0.2, 0) is 13.5 Å². The monoisotopic (exact) mass is 307 g/mol. The van der Waals surface area contributed by atoms with E-state index in [9.17, 15) is 8.78 Å². The van der Waals surface area contributed by atoms with Gasteiger partial charge in [0.15, 0.2) is 0 Å². The highest BCUT2D eigenvalue weighted by molar-refractivity contribution is 5.71. The van der Waals surface area contributed by atoms with E-state index in [0.717, 1.165) is 30.6 Å². The van der Waals surface area contributed by atoms with Crippen LogP contribution in [-0.4, -0.2) is 23.4 Å². The molecule has 0 unspecified atom stereocenters. The van der Waals surface area contributed by atoms with Crippen molar-refractivity contribution >= 4 is 5.69 Å². The standard InChI is InChI=1S/C15H17F2N3.C2H6/c1-19-6-3-4-10-8-11(13-5-7-20(2)18-13)12(15(16)17)9-14(10)19;1-2/h5,7-9,15H,3-4,6H2,1-2H3;1-2H3. The molecule has 3 nitrogen and oxygen atoms in total. The maximum Gasteiger partial charge on any atom is 0.264 e. The van der Waals surface area contributed by atoms with Crippen LogP contribution in [0.2, 0.25) is 0 Å². The van der Waals surface area contributed by atoms with Gasteiger partial charge in [-0.2, -0.15) is 5.10 Å². The molecule has 0 N–H and O–H groups in total. The van der Waals surface area contributed by atoms with Crippen molar-refractivity contribution in [3.05, 3.63) is 35.5 Å². The normalized spacial score (nSPS) is 13.7. The van der Waals surface area contributed by atoms with Gasteiger partial charge in [0.1, 0.15) is 0 Å². The third kappa shape index (κ3) is 3.13. The van der Waals surface area contributed by atoms with Crippen molar-refractivity contribution in [2.24, 2.45) is 7.05 Å². The van der Waals surface area contributed by atoms with E-state index in [2.05, 4.69) is 5.10 Å². The van der Waals surface area contributed by atoms with Gasteiger partial charge >= 0.3 is 0 Å². The number of hydrogen-bond donors (Lipinski definition) is 0. The summed E-state index contributed by atoms with van der Waals surface area (Å²) in [5.41, 5.74) is 3.28. The second-order valence-electron chi connectivity index (χ2n) is 5.27. The van der Waals surface area contributed by atoms with Gasteiger partial charge in [-0.3, -0.25) is 4.68 Å². The number of rotatable bonds is 2. The second kappa shape index (κ2) is 6.90. The summed E-state index contributed by atoms with van der Waals surface area (Å²) in [5, 5.41) is 4.26. The topological polar surface area (TPSA) is 21.1 Å². The van der Waals surface area contributed by atoms with Crippen LogP contribution in [0.4, 0.5) is 14.5 Å². The summed E-state index contributed by atoms with van der Waals surface area (Å²) in [6.45, 7) is 4.92. The summed E-state index contributed by atoms with van der Waals surface area (Å²) in [4.78, 5) is 2.05. The molecule has 0 bridgehead atoms. The van der Waals surface area contributed by atoms with E-state index >= 15 is 0 Å². The average molecular weight is 307 g/mol. The fourth-order valence-corrected chi connectivity index (χ4v) is 2.79. The van der Waals surface area contributed by atoms with Crippen LogP contribution in [0.3, 0.4) is 0 Å². The zero-order valence-corrected chi connectivity index (χ0v) is 13.6. The molecule has 0 fully saturated rings. The number of halogens is 2. The third-order valence-corrected chi connectivity index (χ3v) is 3.83. The number of anilines is 1. The van der Waals surface area contributed by atoms with Gasteiger partial charge < -0.3 is 4.90 Å². The number of fused-ring (bicyclic) bond motifs is 1. The molecule has 0 atom stereocenters. The van der Waals surface area contributed by atoms with E-state index in [1.165, 1.54) is 0 Å². The van der Waals surface area contributed by atoms with Crippen molar-refractivity contribution in [3.63, 3.8) is 0 Å². The predicted molar refractivity (Wildman–Crippen MR) is 86.5 cm³/mol. The van der Waals surface area contributed by atoms with Gasteiger partial charge in [-0.15, -0.1) is 0 Å². The largest absolute Gasteiger partial charge is 0.374 e. The van der Waals surface area contributed by atoms with Gasteiger partial charge in [0.25, 0.3) is 6.43 Å². The van der Waals surface area contributed by atoms with E-state index in [-0.39, 0.29) is 5.56 Å². The van der Waals surface area contributed by atoms with E-state index < -0.39 is 6.43 Å². The number of aryl methyl sites for hydroxylation is 2. The smallest absolute Gasteiger partial charge is 0.264 e. The summed E-state index contributed by atoms with van der Waals surface area (Å²) >= 11 is 0. The fourth-order valence-electron chi connectivity index (χ4n) is 2.79. The van der Waals surface area contributed by atoms with Crippen LogP contribution < -0.4 is 4.90 Å². The summed E-state index contributed by atoms with van der Waals surface area (Å²) in [6, 6.07) is 5.29. The first-order chi connectivity index (χ1) is 10.6. The predicted octanol–water partition coefficient (Wildman–Crippen LogP) is 4.43. The number of nitrogens with zero attached hydrogens (tertiary/aromatic N) is 3. The number of benzene rings is 1. The van der Waals surface area contributed by atoms with Gasteiger partial charge in [0.05, 0.1) is 5.69 Å². The molecular weight excluding hydrogens is 284 g/mol. The Morgan fingerprint density at radius 1 is 1.18 bits per heavy atom. The molecule has 1 aromatic heterocycles. The van der Waals surface area contributed by atoms with E-state index in [4.69, 9.17) is 0 Å². The molecule has 120 valence electrons. The zero-order valence-electron chi connectivity index (χ0n) is 13.6. The second-order valence-corrected chi connectivity index (χ2v) is 5.27.